The van der Waals surface area contributed by atoms with Crippen LogP contribution in [0.1, 0.15) is 13.8 Å². The van der Waals surface area contributed by atoms with Crippen LogP contribution in [0, 0.1) is 0 Å². The van der Waals surface area contributed by atoms with Gasteiger partial charge in [0.2, 0.25) is 5.91 Å². The van der Waals surface area contributed by atoms with Crippen LogP contribution < -0.4 is 10.6 Å². The third-order valence-corrected chi connectivity index (χ3v) is 2.33. The van der Waals surface area contributed by atoms with E-state index in [1.54, 1.807) is 6.92 Å². The van der Waals surface area contributed by atoms with Crippen LogP contribution in [0.25, 0.3) is 0 Å². The lowest BCUT2D eigenvalue weighted by atomic mass is 10.2. The molecule has 1 heterocycles. The SMILES string of the molecule is CCN1CCNC[C@@H](NC(C)=O)C1. The summed E-state index contributed by atoms with van der Waals surface area (Å²) in [5.74, 6) is 0.0600. The Morgan fingerprint density at radius 3 is 3.08 bits per heavy atom. The summed E-state index contributed by atoms with van der Waals surface area (Å²) in [6.45, 7) is 8.71. The predicted octanol–water partition coefficient (Wildman–Crippen LogP) is -0.584. The molecule has 0 bridgehead atoms. The van der Waals surface area contributed by atoms with Gasteiger partial charge in [-0.3, -0.25) is 4.79 Å². The molecule has 1 saturated heterocycles. The molecule has 0 aromatic heterocycles. The molecule has 0 radical (unpaired) electrons. The lowest BCUT2D eigenvalue weighted by Crippen LogP contribution is -2.45. The van der Waals surface area contributed by atoms with Crippen LogP contribution in [0.4, 0.5) is 0 Å². The summed E-state index contributed by atoms with van der Waals surface area (Å²) < 4.78 is 0. The first-order valence-electron chi connectivity index (χ1n) is 4.92. The Hall–Kier alpha value is -0.610. The number of amides is 1. The van der Waals surface area contributed by atoms with Gasteiger partial charge in [-0.05, 0) is 6.54 Å². The van der Waals surface area contributed by atoms with Gasteiger partial charge in [-0.25, -0.2) is 0 Å². The van der Waals surface area contributed by atoms with E-state index in [2.05, 4.69) is 22.5 Å². The van der Waals surface area contributed by atoms with E-state index >= 15 is 0 Å². The van der Waals surface area contributed by atoms with Crippen molar-refractivity contribution >= 4 is 5.91 Å². The molecule has 0 unspecified atom stereocenters. The molecule has 0 aromatic rings. The molecule has 2 N–H and O–H groups in total. The Morgan fingerprint density at radius 2 is 2.46 bits per heavy atom. The molecule has 0 spiro atoms. The van der Waals surface area contributed by atoms with Gasteiger partial charge in [0.05, 0.1) is 6.04 Å². The Balaban J connectivity index is 2.39. The van der Waals surface area contributed by atoms with Crippen molar-refractivity contribution < 1.29 is 4.79 Å². The molecule has 1 aliphatic rings. The summed E-state index contributed by atoms with van der Waals surface area (Å²) in [5, 5.41) is 6.25. The molecule has 13 heavy (non-hydrogen) atoms. The maximum atomic E-state index is 10.9. The zero-order valence-corrected chi connectivity index (χ0v) is 8.47. The van der Waals surface area contributed by atoms with Crippen molar-refractivity contribution in [2.45, 2.75) is 19.9 Å². The molecule has 1 rings (SSSR count). The fraction of sp³-hybridized carbons (Fsp3) is 0.889. The van der Waals surface area contributed by atoms with Crippen LogP contribution in [-0.2, 0) is 4.79 Å². The van der Waals surface area contributed by atoms with Crippen molar-refractivity contribution in [3.63, 3.8) is 0 Å². The van der Waals surface area contributed by atoms with Crippen LogP contribution in [0.15, 0.2) is 0 Å². The van der Waals surface area contributed by atoms with E-state index in [1.165, 1.54) is 0 Å². The maximum Gasteiger partial charge on any atom is 0.217 e. The highest BCUT2D eigenvalue weighted by Crippen LogP contribution is 1.95. The molecule has 0 aromatic carbocycles. The Kier molecular flexibility index (Phi) is 4.18. The first kappa shape index (κ1) is 10.5. The molecule has 0 aliphatic carbocycles. The standard InChI is InChI=1S/C9H19N3O/c1-3-12-5-4-10-6-9(7-12)11-8(2)13/h9-10H,3-7H2,1-2H3,(H,11,13)/t9-/m1/s1. The first-order chi connectivity index (χ1) is 6.22. The summed E-state index contributed by atoms with van der Waals surface area (Å²) in [5.41, 5.74) is 0. The second-order valence-corrected chi connectivity index (χ2v) is 3.49. The van der Waals surface area contributed by atoms with E-state index in [4.69, 9.17) is 0 Å². The van der Waals surface area contributed by atoms with E-state index in [0.29, 0.717) is 0 Å². The third kappa shape index (κ3) is 3.74. The van der Waals surface area contributed by atoms with Gasteiger partial charge in [0.1, 0.15) is 0 Å². The minimum absolute atomic E-state index is 0.0600. The molecule has 4 heteroatoms. The normalized spacial score (nSPS) is 25.2. The van der Waals surface area contributed by atoms with Crippen molar-refractivity contribution in [3.05, 3.63) is 0 Å². The van der Waals surface area contributed by atoms with E-state index in [1.807, 2.05) is 0 Å². The fourth-order valence-corrected chi connectivity index (χ4v) is 1.65. The Morgan fingerprint density at radius 1 is 1.69 bits per heavy atom. The topological polar surface area (TPSA) is 44.4 Å². The van der Waals surface area contributed by atoms with Crippen LogP contribution >= 0.6 is 0 Å². The van der Waals surface area contributed by atoms with Crippen LogP contribution in [0.5, 0.6) is 0 Å². The number of rotatable bonds is 2. The van der Waals surface area contributed by atoms with Gasteiger partial charge in [-0.1, -0.05) is 6.92 Å². The number of hydrogen-bond donors (Lipinski definition) is 2. The van der Waals surface area contributed by atoms with E-state index in [0.717, 1.165) is 32.7 Å². The highest BCUT2D eigenvalue weighted by Gasteiger charge is 2.16. The molecule has 1 aliphatic heterocycles. The van der Waals surface area contributed by atoms with Crippen LogP contribution in [0.2, 0.25) is 0 Å². The maximum absolute atomic E-state index is 10.9. The average molecular weight is 185 g/mol. The number of nitrogens with zero attached hydrogens (tertiary/aromatic N) is 1. The van der Waals surface area contributed by atoms with Crippen molar-refractivity contribution in [2.24, 2.45) is 0 Å². The molecule has 1 fully saturated rings. The average Bonchev–Trinajstić information content (AvgIpc) is 2.28. The number of likely N-dealkylation sites (N-methyl/N-ethyl adjacent to an activating group) is 1. The molecule has 4 nitrogen and oxygen atoms in total. The summed E-state index contributed by atoms with van der Waals surface area (Å²) in [7, 11) is 0. The molecule has 1 atom stereocenters. The van der Waals surface area contributed by atoms with Gasteiger partial charge in [0.15, 0.2) is 0 Å². The van der Waals surface area contributed by atoms with Gasteiger partial charge in [0, 0.05) is 33.1 Å². The number of carbonyl (C=O) groups excluding carboxylic acids is 1. The number of hydrogen-bond acceptors (Lipinski definition) is 3. The van der Waals surface area contributed by atoms with E-state index < -0.39 is 0 Å². The van der Waals surface area contributed by atoms with Crippen molar-refractivity contribution in [2.75, 3.05) is 32.7 Å². The van der Waals surface area contributed by atoms with Gasteiger partial charge in [-0.2, -0.15) is 0 Å². The highest BCUT2D eigenvalue weighted by atomic mass is 16.1. The zero-order valence-electron chi connectivity index (χ0n) is 8.47. The lowest BCUT2D eigenvalue weighted by Gasteiger charge is -2.22. The smallest absolute Gasteiger partial charge is 0.217 e. The van der Waals surface area contributed by atoms with Gasteiger partial charge < -0.3 is 15.5 Å². The van der Waals surface area contributed by atoms with Gasteiger partial charge in [0.25, 0.3) is 0 Å². The monoisotopic (exact) mass is 185 g/mol. The van der Waals surface area contributed by atoms with Crippen LogP contribution in [-0.4, -0.2) is 49.6 Å². The van der Waals surface area contributed by atoms with Crippen LogP contribution in [0.3, 0.4) is 0 Å². The molecule has 76 valence electrons. The summed E-state index contributed by atoms with van der Waals surface area (Å²) in [6, 6.07) is 0.264. The second-order valence-electron chi connectivity index (χ2n) is 3.49. The zero-order chi connectivity index (χ0) is 9.68. The Labute approximate surface area is 79.7 Å². The second kappa shape index (κ2) is 5.19. The number of carbonyl (C=O) groups is 1. The van der Waals surface area contributed by atoms with E-state index in [-0.39, 0.29) is 11.9 Å². The quantitative estimate of drug-likeness (QED) is 0.605. The molecular weight excluding hydrogens is 166 g/mol. The highest BCUT2D eigenvalue weighted by molar-refractivity contribution is 5.73. The summed E-state index contributed by atoms with van der Waals surface area (Å²) >= 11 is 0. The van der Waals surface area contributed by atoms with E-state index in [9.17, 15) is 4.79 Å². The molecule has 0 saturated carbocycles. The van der Waals surface area contributed by atoms with Gasteiger partial charge in [-0.15, -0.1) is 0 Å². The first-order valence-corrected chi connectivity index (χ1v) is 4.92. The van der Waals surface area contributed by atoms with Crippen molar-refractivity contribution in [3.8, 4) is 0 Å². The molecular formula is C9H19N3O. The largest absolute Gasteiger partial charge is 0.351 e. The minimum atomic E-state index is 0.0600. The van der Waals surface area contributed by atoms with Crippen molar-refractivity contribution in [1.82, 2.24) is 15.5 Å². The predicted molar refractivity (Wildman–Crippen MR) is 52.6 cm³/mol. The minimum Gasteiger partial charge on any atom is -0.351 e. The fourth-order valence-electron chi connectivity index (χ4n) is 1.65. The third-order valence-electron chi connectivity index (χ3n) is 2.33. The Bertz CT molecular complexity index is 172. The summed E-state index contributed by atoms with van der Waals surface area (Å²) in [6.07, 6.45) is 0. The summed E-state index contributed by atoms with van der Waals surface area (Å²) in [4.78, 5) is 13.2. The van der Waals surface area contributed by atoms with Crippen molar-refractivity contribution in [1.29, 1.82) is 0 Å². The number of nitrogens with one attached hydrogen (secondary N) is 2. The molecule has 1 amide bonds. The van der Waals surface area contributed by atoms with Gasteiger partial charge >= 0.3 is 0 Å². The lowest BCUT2D eigenvalue weighted by molar-refractivity contribution is -0.119.